The van der Waals surface area contributed by atoms with Gasteiger partial charge in [0.15, 0.2) is 0 Å². The van der Waals surface area contributed by atoms with Crippen molar-refractivity contribution in [2.75, 3.05) is 13.2 Å². The van der Waals surface area contributed by atoms with Gasteiger partial charge in [-0.05, 0) is 47.4 Å². The summed E-state index contributed by atoms with van der Waals surface area (Å²) in [5.74, 6) is 1.41. The molecular formula is C28H27N3O3. The maximum absolute atomic E-state index is 12.7. The summed E-state index contributed by atoms with van der Waals surface area (Å²) >= 11 is 0. The van der Waals surface area contributed by atoms with Crippen LogP contribution < -0.4 is 10.1 Å². The molecule has 0 aliphatic carbocycles. The predicted octanol–water partition coefficient (Wildman–Crippen LogP) is 4.70. The zero-order valence-electron chi connectivity index (χ0n) is 18.9. The molecular weight excluding hydrogens is 426 g/mol. The number of nitrogens with zero attached hydrogens (tertiary/aromatic N) is 2. The first-order valence-electron chi connectivity index (χ1n) is 11.5. The van der Waals surface area contributed by atoms with Crippen LogP contribution in [0.15, 0.2) is 91.1 Å². The normalized spacial score (nSPS) is 14.9. The van der Waals surface area contributed by atoms with Crippen LogP contribution in [0, 0.1) is 0 Å². The van der Waals surface area contributed by atoms with Crippen LogP contribution in [0.3, 0.4) is 0 Å². The average Bonchev–Trinajstić information content (AvgIpc) is 3.27. The molecule has 1 atom stereocenters. The molecule has 0 spiro atoms. The summed E-state index contributed by atoms with van der Waals surface area (Å²) in [6.45, 7) is 1.74. The van der Waals surface area contributed by atoms with E-state index in [0.29, 0.717) is 25.4 Å². The fourth-order valence-electron chi connectivity index (χ4n) is 4.14. The number of carbonyl (C=O) groups excluding carboxylic acids is 1. The molecule has 1 aliphatic heterocycles. The van der Waals surface area contributed by atoms with Gasteiger partial charge in [-0.15, -0.1) is 0 Å². The van der Waals surface area contributed by atoms with E-state index in [9.17, 15) is 4.79 Å². The van der Waals surface area contributed by atoms with Gasteiger partial charge in [-0.25, -0.2) is 0 Å². The highest BCUT2D eigenvalue weighted by Crippen LogP contribution is 2.26. The van der Waals surface area contributed by atoms with Crippen molar-refractivity contribution < 1.29 is 14.3 Å². The van der Waals surface area contributed by atoms with Crippen LogP contribution >= 0.6 is 0 Å². The number of para-hydroxylation sites is 1. The Morgan fingerprint density at radius 1 is 0.971 bits per heavy atom. The van der Waals surface area contributed by atoms with E-state index < -0.39 is 0 Å². The third-order valence-electron chi connectivity index (χ3n) is 5.78. The summed E-state index contributed by atoms with van der Waals surface area (Å²) in [5, 5.41) is 7.78. The molecule has 0 radical (unpaired) electrons. The molecule has 0 fully saturated rings. The Hall–Kier alpha value is -3.90. The van der Waals surface area contributed by atoms with Gasteiger partial charge in [-0.2, -0.15) is 5.10 Å². The first-order chi connectivity index (χ1) is 16.7. The molecule has 1 aliphatic rings. The van der Waals surface area contributed by atoms with Crippen LogP contribution in [0.2, 0.25) is 0 Å². The lowest BCUT2D eigenvalue weighted by Gasteiger charge is -2.22. The smallest absolute Gasteiger partial charge is 0.224 e. The highest BCUT2D eigenvalue weighted by Gasteiger charge is 2.25. The Morgan fingerprint density at radius 2 is 1.71 bits per heavy atom. The minimum absolute atomic E-state index is 0.0590. The summed E-state index contributed by atoms with van der Waals surface area (Å²) in [5.41, 5.74) is 4.20. The van der Waals surface area contributed by atoms with Gasteiger partial charge in [0.1, 0.15) is 17.6 Å². The molecule has 6 nitrogen and oxygen atoms in total. The molecule has 0 bridgehead atoms. The molecule has 1 aromatic heterocycles. The first-order valence-corrected chi connectivity index (χ1v) is 11.5. The Bertz CT molecular complexity index is 1240. The van der Waals surface area contributed by atoms with E-state index in [2.05, 4.69) is 23.6 Å². The molecule has 2 heterocycles. The third kappa shape index (κ3) is 5.53. The summed E-state index contributed by atoms with van der Waals surface area (Å²) in [7, 11) is 0. The molecule has 0 saturated heterocycles. The minimum atomic E-state index is -0.238. The van der Waals surface area contributed by atoms with Gasteiger partial charge < -0.3 is 14.8 Å². The minimum Gasteiger partial charge on any atom is -0.457 e. The Kier molecular flexibility index (Phi) is 6.68. The second-order valence-corrected chi connectivity index (χ2v) is 8.38. The van der Waals surface area contributed by atoms with Crippen LogP contribution in [-0.2, 0) is 28.9 Å². The van der Waals surface area contributed by atoms with E-state index in [0.717, 1.165) is 23.4 Å². The summed E-state index contributed by atoms with van der Waals surface area (Å²) in [6, 6.07) is 27.5. The maximum atomic E-state index is 12.7. The van der Waals surface area contributed by atoms with Crippen LogP contribution in [0.4, 0.5) is 0 Å². The van der Waals surface area contributed by atoms with Crippen molar-refractivity contribution in [1.82, 2.24) is 15.1 Å². The van der Waals surface area contributed by atoms with E-state index in [1.807, 2.05) is 77.5 Å². The van der Waals surface area contributed by atoms with Gasteiger partial charge in [0.05, 0.1) is 25.3 Å². The van der Waals surface area contributed by atoms with Crippen LogP contribution in [0.25, 0.3) is 0 Å². The summed E-state index contributed by atoms with van der Waals surface area (Å²) < 4.78 is 13.8. The zero-order valence-corrected chi connectivity index (χ0v) is 18.9. The van der Waals surface area contributed by atoms with Gasteiger partial charge in [0.25, 0.3) is 0 Å². The second kappa shape index (κ2) is 10.4. The highest BCUT2D eigenvalue weighted by molar-refractivity contribution is 5.78. The third-order valence-corrected chi connectivity index (χ3v) is 5.78. The van der Waals surface area contributed by atoms with Crippen molar-refractivity contribution in [3.05, 3.63) is 114 Å². The summed E-state index contributed by atoms with van der Waals surface area (Å²) in [6.07, 6.45) is 2.96. The van der Waals surface area contributed by atoms with Gasteiger partial charge in [-0.3, -0.25) is 9.48 Å². The number of amides is 1. The van der Waals surface area contributed by atoms with Crippen molar-refractivity contribution >= 4 is 5.91 Å². The lowest BCUT2D eigenvalue weighted by molar-refractivity contribution is -0.121. The molecule has 0 unspecified atom stereocenters. The number of nitrogens with one attached hydrogen (secondary N) is 1. The van der Waals surface area contributed by atoms with E-state index in [1.54, 1.807) is 0 Å². The van der Waals surface area contributed by atoms with E-state index in [4.69, 9.17) is 14.6 Å². The molecule has 3 aromatic carbocycles. The Balaban J connectivity index is 1.18. The van der Waals surface area contributed by atoms with Crippen LogP contribution in [0.5, 0.6) is 11.5 Å². The number of aromatic nitrogens is 2. The molecule has 1 N–H and O–H groups in total. The molecule has 0 saturated carbocycles. The van der Waals surface area contributed by atoms with E-state index in [1.165, 1.54) is 11.1 Å². The predicted molar refractivity (Wildman–Crippen MR) is 130 cm³/mol. The molecule has 34 heavy (non-hydrogen) atoms. The van der Waals surface area contributed by atoms with Gasteiger partial charge in [0, 0.05) is 12.7 Å². The first kappa shape index (κ1) is 21.9. The van der Waals surface area contributed by atoms with Crippen LogP contribution in [-0.4, -0.2) is 28.8 Å². The standard InChI is InChI=1S/C28H27N3O3/c32-27(17-22-10-7-13-25(16-22)34-24-11-5-2-6-12-24)29-18-26-28-23(14-15-33-26)20-31(30-28)19-21-8-3-1-4-9-21/h1-13,16,20,26H,14-15,17-19H2,(H,29,32)/t26-/m0/s1. The lowest BCUT2D eigenvalue weighted by Crippen LogP contribution is -2.32. The number of rotatable bonds is 8. The monoisotopic (exact) mass is 453 g/mol. The van der Waals surface area contributed by atoms with Crippen molar-refractivity contribution in [3.8, 4) is 11.5 Å². The molecule has 6 heteroatoms. The highest BCUT2D eigenvalue weighted by atomic mass is 16.5. The van der Waals surface area contributed by atoms with Gasteiger partial charge >= 0.3 is 0 Å². The summed E-state index contributed by atoms with van der Waals surface area (Å²) in [4.78, 5) is 12.7. The number of benzene rings is 3. The SMILES string of the molecule is O=C(Cc1cccc(Oc2ccccc2)c1)NC[C@@H]1OCCc2cn(Cc3ccccc3)nc21. The number of hydrogen-bond donors (Lipinski definition) is 1. The van der Waals surface area contributed by atoms with E-state index in [-0.39, 0.29) is 18.4 Å². The largest absolute Gasteiger partial charge is 0.457 e. The molecule has 1 amide bonds. The quantitative estimate of drug-likeness (QED) is 0.420. The number of carbonyl (C=O) groups is 1. The maximum Gasteiger partial charge on any atom is 0.224 e. The zero-order chi connectivity index (χ0) is 23.2. The van der Waals surface area contributed by atoms with Crippen molar-refractivity contribution in [2.45, 2.75) is 25.5 Å². The van der Waals surface area contributed by atoms with Crippen molar-refractivity contribution in [2.24, 2.45) is 0 Å². The molecule has 5 rings (SSSR count). The Labute approximate surface area is 199 Å². The lowest BCUT2D eigenvalue weighted by atomic mass is 10.1. The van der Waals surface area contributed by atoms with Gasteiger partial charge in [0.2, 0.25) is 5.91 Å². The van der Waals surface area contributed by atoms with Gasteiger partial charge in [-0.1, -0.05) is 60.7 Å². The second-order valence-electron chi connectivity index (χ2n) is 8.38. The topological polar surface area (TPSA) is 65.4 Å². The molecule has 172 valence electrons. The number of fused-ring (bicyclic) bond motifs is 1. The Morgan fingerprint density at radius 3 is 2.53 bits per heavy atom. The van der Waals surface area contributed by atoms with Crippen molar-refractivity contribution in [3.63, 3.8) is 0 Å². The number of hydrogen-bond acceptors (Lipinski definition) is 4. The van der Waals surface area contributed by atoms with Crippen molar-refractivity contribution in [1.29, 1.82) is 0 Å². The van der Waals surface area contributed by atoms with Crippen LogP contribution in [0.1, 0.15) is 28.5 Å². The number of ether oxygens (including phenoxy) is 2. The van der Waals surface area contributed by atoms with E-state index >= 15 is 0 Å². The fraction of sp³-hybridized carbons (Fsp3) is 0.214. The molecule has 4 aromatic rings. The average molecular weight is 454 g/mol. The fourth-order valence-corrected chi connectivity index (χ4v) is 4.14.